The summed E-state index contributed by atoms with van der Waals surface area (Å²) in [6, 6.07) is 8.11. The highest BCUT2D eigenvalue weighted by Crippen LogP contribution is 2.33. The number of hydrogen-bond acceptors (Lipinski definition) is 3. The molecule has 0 radical (unpaired) electrons. The van der Waals surface area contributed by atoms with E-state index >= 15 is 0 Å². The van der Waals surface area contributed by atoms with Gasteiger partial charge in [0.05, 0.1) is 13.2 Å². The first kappa shape index (κ1) is 13.9. The third-order valence-electron chi connectivity index (χ3n) is 3.74. The van der Waals surface area contributed by atoms with Gasteiger partial charge in [-0.15, -0.1) is 0 Å². The molecule has 1 fully saturated rings. The van der Waals surface area contributed by atoms with E-state index in [0.29, 0.717) is 0 Å². The molecule has 19 heavy (non-hydrogen) atoms. The Labute approximate surface area is 114 Å². The molecule has 0 saturated carbocycles. The maximum Gasteiger partial charge on any atom is 0.251 e. The number of nitrogens with zero attached hydrogens (tertiary/aromatic N) is 1. The van der Waals surface area contributed by atoms with Crippen molar-refractivity contribution in [2.75, 3.05) is 20.8 Å². The van der Waals surface area contributed by atoms with Crippen LogP contribution in [0.5, 0.6) is 5.75 Å². The van der Waals surface area contributed by atoms with Crippen LogP contribution < -0.4 is 4.74 Å². The molecular formula is C15H21NO3. The monoisotopic (exact) mass is 263 g/mol. The summed E-state index contributed by atoms with van der Waals surface area (Å²) >= 11 is 0. The molecule has 2 unspecified atom stereocenters. The Morgan fingerprint density at radius 3 is 2.58 bits per heavy atom. The summed E-state index contributed by atoms with van der Waals surface area (Å²) in [4.78, 5) is 14.2. The van der Waals surface area contributed by atoms with Crippen LogP contribution in [0.2, 0.25) is 0 Å². The van der Waals surface area contributed by atoms with E-state index in [1.807, 2.05) is 29.2 Å². The number of rotatable bonds is 4. The lowest BCUT2D eigenvalue weighted by Crippen LogP contribution is -2.38. The Kier molecular flexibility index (Phi) is 4.43. The van der Waals surface area contributed by atoms with Gasteiger partial charge in [-0.3, -0.25) is 4.79 Å². The van der Waals surface area contributed by atoms with Crippen LogP contribution in [0, 0.1) is 0 Å². The molecule has 4 nitrogen and oxygen atoms in total. The smallest absolute Gasteiger partial charge is 0.251 e. The van der Waals surface area contributed by atoms with Crippen LogP contribution in [0.15, 0.2) is 24.3 Å². The fourth-order valence-electron chi connectivity index (χ4n) is 2.54. The largest absolute Gasteiger partial charge is 0.497 e. The van der Waals surface area contributed by atoms with Gasteiger partial charge < -0.3 is 14.4 Å². The molecule has 1 heterocycles. The summed E-state index contributed by atoms with van der Waals surface area (Å²) in [5.41, 5.74) is 1.16. The van der Waals surface area contributed by atoms with Gasteiger partial charge in [-0.05, 0) is 37.5 Å². The van der Waals surface area contributed by atoms with Crippen molar-refractivity contribution in [1.29, 1.82) is 0 Å². The molecule has 104 valence electrons. The first-order valence-corrected chi connectivity index (χ1v) is 6.64. The van der Waals surface area contributed by atoms with Gasteiger partial charge in [0.2, 0.25) is 0 Å². The second-order valence-corrected chi connectivity index (χ2v) is 4.84. The van der Waals surface area contributed by atoms with Crippen LogP contribution in [0.3, 0.4) is 0 Å². The lowest BCUT2D eigenvalue weighted by Gasteiger charge is -2.27. The maximum absolute atomic E-state index is 12.3. The number of ether oxygens (including phenoxy) is 2. The van der Waals surface area contributed by atoms with Crippen molar-refractivity contribution in [2.45, 2.75) is 31.9 Å². The number of amides is 1. The first-order chi connectivity index (χ1) is 9.17. The fraction of sp³-hybridized carbons (Fsp3) is 0.533. The topological polar surface area (TPSA) is 38.8 Å². The van der Waals surface area contributed by atoms with Crippen molar-refractivity contribution in [2.24, 2.45) is 0 Å². The zero-order valence-corrected chi connectivity index (χ0v) is 11.8. The molecule has 1 aliphatic heterocycles. The predicted octanol–water partition coefficient (Wildman–Crippen LogP) is 2.39. The third-order valence-corrected chi connectivity index (χ3v) is 3.74. The average molecular weight is 263 g/mol. The molecule has 1 saturated heterocycles. The summed E-state index contributed by atoms with van der Waals surface area (Å²) in [5, 5.41) is 0. The Morgan fingerprint density at radius 2 is 2.00 bits per heavy atom. The number of carbonyl (C=O) groups excluding carboxylic acids is 1. The molecule has 1 aromatic rings. The molecule has 0 aliphatic carbocycles. The quantitative estimate of drug-likeness (QED) is 0.837. The second-order valence-electron chi connectivity index (χ2n) is 4.84. The summed E-state index contributed by atoms with van der Waals surface area (Å²) in [7, 11) is 3.22. The molecule has 0 bridgehead atoms. The van der Waals surface area contributed by atoms with E-state index in [2.05, 4.69) is 0 Å². The minimum atomic E-state index is -0.376. The van der Waals surface area contributed by atoms with E-state index in [0.717, 1.165) is 30.7 Å². The lowest BCUT2D eigenvalue weighted by molar-refractivity contribution is -0.141. The summed E-state index contributed by atoms with van der Waals surface area (Å²) in [5.74, 6) is 0.908. The van der Waals surface area contributed by atoms with E-state index in [1.54, 1.807) is 21.1 Å². The minimum absolute atomic E-state index is 0.0702. The molecule has 1 aromatic carbocycles. The number of hydrogen-bond donors (Lipinski definition) is 0. The van der Waals surface area contributed by atoms with Gasteiger partial charge in [0.1, 0.15) is 11.9 Å². The van der Waals surface area contributed by atoms with Crippen LogP contribution in [-0.2, 0) is 9.53 Å². The standard InChI is InChI=1S/C15H21NO3/c1-11(18-2)15(17)16-10-4-5-14(16)12-6-8-13(19-3)9-7-12/h6-9,11,14H,4-5,10H2,1-3H3. The Balaban J connectivity index is 2.15. The normalized spacial score (nSPS) is 20.4. The van der Waals surface area contributed by atoms with E-state index in [4.69, 9.17) is 9.47 Å². The highest BCUT2D eigenvalue weighted by atomic mass is 16.5. The molecule has 2 rings (SSSR count). The number of carbonyl (C=O) groups is 1. The van der Waals surface area contributed by atoms with Gasteiger partial charge in [-0.1, -0.05) is 12.1 Å². The Hall–Kier alpha value is -1.55. The van der Waals surface area contributed by atoms with Crippen molar-refractivity contribution >= 4 is 5.91 Å². The lowest BCUT2D eigenvalue weighted by atomic mass is 10.0. The van der Waals surface area contributed by atoms with Crippen molar-refractivity contribution in [3.63, 3.8) is 0 Å². The number of likely N-dealkylation sites (tertiary alicyclic amines) is 1. The van der Waals surface area contributed by atoms with Crippen LogP contribution >= 0.6 is 0 Å². The van der Waals surface area contributed by atoms with Gasteiger partial charge >= 0.3 is 0 Å². The number of methoxy groups -OCH3 is 2. The molecule has 4 heteroatoms. The van der Waals surface area contributed by atoms with E-state index in [9.17, 15) is 4.79 Å². The highest BCUT2D eigenvalue weighted by Gasteiger charge is 2.32. The second kappa shape index (κ2) is 6.06. The van der Waals surface area contributed by atoms with Crippen LogP contribution in [0.25, 0.3) is 0 Å². The third kappa shape index (κ3) is 2.89. The molecule has 2 atom stereocenters. The molecule has 0 spiro atoms. The SMILES string of the molecule is COc1ccc(C2CCCN2C(=O)C(C)OC)cc1. The van der Waals surface area contributed by atoms with Gasteiger partial charge in [-0.2, -0.15) is 0 Å². The van der Waals surface area contributed by atoms with Crippen molar-refractivity contribution in [3.05, 3.63) is 29.8 Å². The molecule has 0 aromatic heterocycles. The van der Waals surface area contributed by atoms with Crippen LogP contribution in [-0.4, -0.2) is 37.7 Å². The summed E-state index contributed by atoms with van der Waals surface area (Å²) in [6.07, 6.45) is 1.67. The van der Waals surface area contributed by atoms with Gasteiger partial charge in [-0.25, -0.2) is 0 Å². The Bertz CT molecular complexity index is 430. The van der Waals surface area contributed by atoms with Gasteiger partial charge in [0.15, 0.2) is 0 Å². The van der Waals surface area contributed by atoms with Gasteiger partial charge in [0, 0.05) is 13.7 Å². The fourth-order valence-corrected chi connectivity index (χ4v) is 2.54. The van der Waals surface area contributed by atoms with Crippen molar-refractivity contribution < 1.29 is 14.3 Å². The molecular weight excluding hydrogens is 242 g/mol. The van der Waals surface area contributed by atoms with E-state index in [-0.39, 0.29) is 18.1 Å². The molecule has 1 amide bonds. The van der Waals surface area contributed by atoms with Crippen LogP contribution in [0.1, 0.15) is 31.4 Å². The molecule has 0 N–H and O–H groups in total. The molecule has 1 aliphatic rings. The number of benzene rings is 1. The Morgan fingerprint density at radius 1 is 1.32 bits per heavy atom. The zero-order chi connectivity index (χ0) is 13.8. The predicted molar refractivity (Wildman–Crippen MR) is 73.2 cm³/mol. The zero-order valence-electron chi connectivity index (χ0n) is 11.8. The minimum Gasteiger partial charge on any atom is -0.497 e. The van der Waals surface area contributed by atoms with E-state index in [1.165, 1.54) is 0 Å². The highest BCUT2D eigenvalue weighted by molar-refractivity contribution is 5.81. The average Bonchev–Trinajstić information content (AvgIpc) is 2.95. The summed E-state index contributed by atoms with van der Waals surface area (Å²) < 4.78 is 10.3. The first-order valence-electron chi connectivity index (χ1n) is 6.64. The van der Waals surface area contributed by atoms with Crippen LogP contribution in [0.4, 0.5) is 0 Å². The van der Waals surface area contributed by atoms with Gasteiger partial charge in [0.25, 0.3) is 5.91 Å². The van der Waals surface area contributed by atoms with Crippen molar-refractivity contribution in [1.82, 2.24) is 4.90 Å². The van der Waals surface area contributed by atoms with E-state index < -0.39 is 0 Å². The van der Waals surface area contributed by atoms with Crippen molar-refractivity contribution in [3.8, 4) is 5.75 Å². The maximum atomic E-state index is 12.3. The summed E-state index contributed by atoms with van der Waals surface area (Å²) in [6.45, 7) is 2.61.